The lowest BCUT2D eigenvalue weighted by molar-refractivity contribution is 0.363. The van der Waals surface area contributed by atoms with E-state index in [2.05, 4.69) is 61.2 Å². The summed E-state index contributed by atoms with van der Waals surface area (Å²) in [5.41, 5.74) is 3.84. The lowest BCUT2D eigenvalue weighted by Gasteiger charge is -2.08. The highest BCUT2D eigenvalue weighted by Crippen LogP contribution is 2.27. The van der Waals surface area contributed by atoms with Gasteiger partial charge in [0.1, 0.15) is 12.4 Å². The number of ether oxygens (including phenoxy) is 1. The van der Waals surface area contributed by atoms with E-state index in [9.17, 15) is 0 Å². The molecule has 0 amide bonds. The van der Waals surface area contributed by atoms with Gasteiger partial charge in [0.15, 0.2) is 0 Å². The Bertz CT molecular complexity index is 872. The molecular formula is C24H24O. The first-order valence-electron chi connectivity index (χ1n) is 8.78. The van der Waals surface area contributed by atoms with Crippen LogP contribution in [0.2, 0.25) is 0 Å². The molecule has 0 N–H and O–H groups in total. The number of hydrogen-bond donors (Lipinski definition) is 0. The first-order chi connectivity index (χ1) is 12.3. The van der Waals surface area contributed by atoms with Gasteiger partial charge in [0.25, 0.3) is 0 Å². The molecule has 0 aliphatic carbocycles. The van der Waals surface area contributed by atoms with Gasteiger partial charge in [0.2, 0.25) is 0 Å². The van der Waals surface area contributed by atoms with Crippen molar-refractivity contribution in [2.45, 2.75) is 19.8 Å². The van der Waals surface area contributed by atoms with Crippen molar-refractivity contribution in [2.24, 2.45) is 0 Å². The van der Waals surface area contributed by atoms with E-state index in [1.165, 1.54) is 27.5 Å². The Balaban J connectivity index is 1.80. The van der Waals surface area contributed by atoms with Gasteiger partial charge in [-0.1, -0.05) is 60.7 Å². The summed E-state index contributed by atoms with van der Waals surface area (Å²) in [6, 6.07) is 21.7. The molecule has 0 saturated heterocycles. The molecule has 1 nitrogen and oxygen atoms in total. The molecule has 0 bridgehead atoms. The highest BCUT2D eigenvalue weighted by Gasteiger charge is 2.02. The van der Waals surface area contributed by atoms with Gasteiger partial charge < -0.3 is 4.74 Å². The third kappa shape index (κ3) is 4.39. The maximum absolute atomic E-state index is 5.72. The first kappa shape index (κ1) is 17.0. The molecule has 0 aliphatic heterocycles. The van der Waals surface area contributed by atoms with Crippen LogP contribution in [0.25, 0.3) is 21.9 Å². The van der Waals surface area contributed by atoms with Crippen LogP contribution in [0.15, 0.2) is 85.5 Å². The highest BCUT2D eigenvalue weighted by atomic mass is 16.5. The van der Waals surface area contributed by atoms with Crippen LogP contribution in [0, 0.1) is 0 Å². The van der Waals surface area contributed by atoms with Gasteiger partial charge in [0, 0.05) is 0 Å². The van der Waals surface area contributed by atoms with E-state index in [4.69, 9.17) is 4.74 Å². The van der Waals surface area contributed by atoms with Crippen molar-refractivity contribution in [2.75, 3.05) is 6.61 Å². The van der Waals surface area contributed by atoms with E-state index in [1.54, 1.807) is 0 Å². The fourth-order valence-corrected chi connectivity index (χ4v) is 2.87. The van der Waals surface area contributed by atoms with E-state index in [-0.39, 0.29) is 0 Å². The van der Waals surface area contributed by atoms with E-state index < -0.39 is 0 Å². The molecule has 3 aromatic carbocycles. The summed E-state index contributed by atoms with van der Waals surface area (Å²) in [5.74, 6) is 0.907. The number of rotatable bonds is 7. The molecule has 0 spiro atoms. The summed E-state index contributed by atoms with van der Waals surface area (Å²) < 4.78 is 5.72. The minimum atomic E-state index is 0.609. The van der Waals surface area contributed by atoms with Crippen LogP contribution in [0.1, 0.15) is 18.9 Å². The molecule has 1 heteroatoms. The van der Waals surface area contributed by atoms with Crippen LogP contribution in [0.4, 0.5) is 0 Å². The van der Waals surface area contributed by atoms with Crippen LogP contribution in [0.3, 0.4) is 0 Å². The minimum Gasteiger partial charge on any atom is -0.490 e. The quantitative estimate of drug-likeness (QED) is 0.445. The normalized spacial score (nSPS) is 11.1. The molecule has 0 aliphatic rings. The zero-order chi connectivity index (χ0) is 17.5. The van der Waals surface area contributed by atoms with Crippen molar-refractivity contribution in [3.05, 3.63) is 91.0 Å². The fourth-order valence-electron chi connectivity index (χ4n) is 2.87. The number of allylic oxidation sites excluding steroid dienone is 2. The topological polar surface area (TPSA) is 9.23 Å². The smallest absolute Gasteiger partial charge is 0.120 e. The molecular weight excluding hydrogens is 304 g/mol. The fraction of sp³-hybridized carbons (Fsp3) is 0.167. The van der Waals surface area contributed by atoms with Crippen molar-refractivity contribution in [3.8, 4) is 16.9 Å². The second-order valence-electron chi connectivity index (χ2n) is 6.13. The third-order valence-electron chi connectivity index (χ3n) is 4.32. The molecule has 0 heterocycles. The molecule has 0 radical (unpaired) electrons. The maximum atomic E-state index is 5.72. The summed E-state index contributed by atoms with van der Waals surface area (Å²) in [5, 5.41) is 2.43. The van der Waals surface area contributed by atoms with Crippen molar-refractivity contribution >= 4 is 10.8 Å². The second-order valence-corrected chi connectivity index (χ2v) is 6.13. The van der Waals surface area contributed by atoms with Gasteiger partial charge in [0.05, 0.1) is 0 Å². The Labute approximate surface area is 150 Å². The number of hydrogen-bond acceptors (Lipinski definition) is 1. The van der Waals surface area contributed by atoms with Crippen molar-refractivity contribution in [1.29, 1.82) is 0 Å². The van der Waals surface area contributed by atoms with Crippen LogP contribution in [-0.2, 0) is 6.42 Å². The predicted molar refractivity (Wildman–Crippen MR) is 108 cm³/mol. The standard InChI is InChI=1S/C24H24O/c1-3-5-7-19-8-10-20(11-9-19)21-12-13-23-18-24(25-16-6-4-2)15-14-22(23)17-21/h3-4,6,8-15,17-18H,1,5,7,16H2,2H3. The summed E-state index contributed by atoms with van der Waals surface area (Å²) in [6.07, 6.45) is 8.04. The number of fused-ring (bicyclic) bond motifs is 1. The van der Waals surface area contributed by atoms with E-state index in [0.717, 1.165) is 18.6 Å². The minimum absolute atomic E-state index is 0.609. The SMILES string of the molecule is C=CCCc1ccc(-c2ccc3cc(OCC=CC)ccc3c2)cc1. The molecule has 126 valence electrons. The number of aryl methyl sites for hydroxylation is 1. The van der Waals surface area contributed by atoms with E-state index in [1.807, 2.05) is 31.2 Å². The lowest BCUT2D eigenvalue weighted by atomic mass is 9.99. The van der Waals surface area contributed by atoms with E-state index in [0.29, 0.717) is 6.61 Å². The molecule has 3 rings (SSSR count). The summed E-state index contributed by atoms with van der Waals surface area (Å²) in [7, 11) is 0. The Hall–Kier alpha value is -2.80. The van der Waals surface area contributed by atoms with Gasteiger partial charge >= 0.3 is 0 Å². The van der Waals surface area contributed by atoms with E-state index >= 15 is 0 Å². The van der Waals surface area contributed by atoms with Crippen molar-refractivity contribution < 1.29 is 4.74 Å². The Kier molecular flexibility index (Phi) is 5.69. The number of benzene rings is 3. The van der Waals surface area contributed by atoms with Crippen LogP contribution in [0.5, 0.6) is 5.75 Å². The molecule has 3 aromatic rings. The summed E-state index contributed by atoms with van der Waals surface area (Å²) in [6.45, 7) is 6.39. The van der Waals surface area contributed by atoms with Crippen LogP contribution >= 0.6 is 0 Å². The zero-order valence-corrected chi connectivity index (χ0v) is 14.7. The Morgan fingerprint density at radius 1 is 0.880 bits per heavy atom. The van der Waals surface area contributed by atoms with Crippen molar-refractivity contribution in [1.82, 2.24) is 0 Å². The molecule has 0 atom stereocenters. The molecule has 0 fully saturated rings. The Morgan fingerprint density at radius 2 is 1.60 bits per heavy atom. The predicted octanol–water partition coefficient (Wildman–Crippen LogP) is 6.58. The molecule has 25 heavy (non-hydrogen) atoms. The largest absolute Gasteiger partial charge is 0.490 e. The van der Waals surface area contributed by atoms with Gasteiger partial charge in [-0.25, -0.2) is 0 Å². The third-order valence-corrected chi connectivity index (χ3v) is 4.32. The summed E-state index contributed by atoms with van der Waals surface area (Å²) in [4.78, 5) is 0. The summed E-state index contributed by atoms with van der Waals surface area (Å²) >= 11 is 0. The van der Waals surface area contributed by atoms with Gasteiger partial charge in [-0.05, 0) is 65.4 Å². The van der Waals surface area contributed by atoms with Crippen LogP contribution < -0.4 is 4.74 Å². The van der Waals surface area contributed by atoms with Gasteiger partial charge in [-0.15, -0.1) is 6.58 Å². The highest BCUT2D eigenvalue weighted by molar-refractivity contribution is 5.88. The Morgan fingerprint density at radius 3 is 2.36 bits per heavy atom. The maximum Gasteiger partial charge on any atom is 0.120 e. The molecule has 0 aromatic heterocycles. The second kappa shape index (κ2) is 8.34. The monoisotopic (exact) mass is 328 g/mol. The molecule has 0 saturated carbocycles. The van der Waals surface area contributed by atoms with Crippen LogP contribution in [-0.4, -0.2) is 6.61 Å². The average molecular weight is 328 g/mol. The lowest BCUT2D eigenvalue weighted by Crippen LogP contribution is -1.92. The van der Waals surface area contributed by atoms with Gasteiger partial charge in [-0.2, -0.15) is 0 Å². The molecule has 0 unspecified atom stereocenters. The average Bonchev–Trinajstić information content (AvgIpc) is 2.66. The van der Waals surface area contributed by atoms with Gasteiger partial charge in [-0.3, -0.25) is 0 Å². The van der Waals surface area contributed by atoms with Crippen molar-refractivity contribution in [3.63, 3.8) is 0 Å². The first-order valence-corrected chi connectivity index (χ1v) is 8.78. The zero-order valence-electron chi connectivity index (χ0n) is 14.7.